The van der Waals surface area contributed by atoms with Crippen molar-refractivity contribution < 1.29 is 0 Å². The molecule has 1 heterocycles. The van der Waals surface area contributed by atoms with Gasteiger partial charge in [0, 0.05) is 16.6 Å². The Morgan fingerprint density at radius 1 is 1.39 bits per heavy atom. The van der Waals surface area contributed by atoms with E-state index >= 15 is 0 Å². The van der Waals surface area contributed by atoms with Gasteiger partial charge in [-0.25, -0.2) is 4.79 Å². The summed E-state index contributed by atoms with van der Waals surface area (Å²) in [5.74, 6) is 0.354. The minimum Gasteiger partial charge on any atom is -0.340 e. The monoisotopic (exact) mass is 258 g/mol. The van der Waals surface area contributed by atoms with Crippen LogP contribution in [0.4, 0.5) is 11.5 Å². The molecular weight excluding hydrogens is 248 g/mol. The van der Waals surface area contributed by atoms with Crippen molar-refractivity contribution in [1.29, 1.82) is 5.26 Å². The third kappa shape index (κ3) is 2.90. The van der Waals surface area contributed by atoms with Gasteiger partial charge in [-0.15, -0.1) is 11.8 Å². The molecule has 0 unspecified atom stereocenters. The summed E-state index contributed by atoms with van der Waals surface area (Å²) < 4.78 is 0. The first-order valence-electron chi connectivity index (χ1n) is 5.14. The molecule has 0 radical (unpaired) electrons. The first-order valence-corrected chi connectivity index (χ1v) is 6.36. The zero-order chi connectivity index (χ0) is 13.0. The average Bonchev–Trinajstić information content (AvgIpc) is 2.39. The first-order chi connectivity index (χ1) is 8.71. The van der Waals surface area contributed by atoms with Crippen LogP contribution >= 0.6 is 11.8 Å². The van der Waals surface area contributed by atoms with E-state index in [0.717, 1.165) is 10.6 Å². The Balaban J connectivity index is 2.25. The number of nitriles is 1. The Labute approximate surface area is 108 Å². The highest BCUT2D eigenvalue weighted by atomic mass is 32.2. The Kier molecular flexibility index (Phi) is 3.65. The molecule has 5 nitrogen and oxygen atoms in total. The second-order valence-electron chi connectivity index (χ2n) is 3.45. The SMILES string of the molecule is CSc1ccc(Nc2cc(C#N)[nH]c(=O)n2)cc1. The molecule has 0 saturated heterocycles. The fourth-order valence-corrected chi connectivity index (χ4v) is 1.81. The summed E-state index contributed by atoms with van der Waals surface area (Å²) in [5, 5.41) is 11.7. The van der Waals surface area contributed by atoms with Gasteiger partial charge in [0.25, 0.3) is 0 Å². The lowest BCUT2D eigenvalue weighted by Crippen LogP contribution is -2.13. The summed E-state index contributed by atoms with van der Waals surface area (Å²) in [6, 6.07) is 11.1. The third-order valence-electron chi connectivity index (χ3n) is 2.23. The maximum Gasteiger partial charge on any atom is 0.347 e. The molecule has 0 spiro atoms. The van der Waals surface area contributed by atoms with Crippen LogP contribution < -0.4 is 11.0 Å². The maximum atomic E-state index is 11.2. The lowest BCUT2D eigenvalue weighted by Gasteiger charge is -2.05. The Hall–Kier alpha value is -2.26. The molecule has 1 aromatic heterocycles. The van der Waals surface area contributed by atoms with Crippen LogP contribution in [0, 0.1) is 11.3 Å². The van der Waals surface area contributed by atoms with Gasteiger partial charge in [0.2, 0.25) is 0 Å². The fourth-order valence-electron chi connectivity index (χ4n) is 1.40. The van der Waals surface area contributed by atoms with Crippen molar-refractivity contribution in [1.82, 2.24) is 9.97 Å². The van der Waals surface area contributed by atoms with Crippen molar-refractivity contribution in [3.63, 3.8) is 0 Å². The molecule has 6 heteroatoms. The van der Waals surface area contributed by atoms with Gasteiger partial charge in [0.15, 0.2) is 0 Å². The van der Waals surface area contributed by atoms with Crippen molar-refractivity contribution in [2.24, 2.45) is 0 Å². The second-order valence-corrected chi connectivity index (χ2v) is 4.33. The molecule has 0 aliphatic heterocycles. The van der Waals surface area contributed by atoms with Crippen molar-refractivity contribution >= 4 is 23.3 Å². The van der Waals surface area contributed by atoms with Gasteiger partial charge < -0.3 is 5.32 Å². The number of hydrogen-bond acceptors (Lipinski definition) is 5. The molecule has 2 rings (SSSR count). The third-order valence-corrected chi connectivity index (χ3v) is 2.97. The van der Waals surface area contributed by atoms with Gasteiger partial charge in [-0.05, 0) is 30.5 Å². The lowest BCUT2D eigenvalue weighted by molar-refractivity contribution is 1.06. The van der Waals surface area contributed by atoms with Crippen LogP contribution in [0.15, 0.2) is 40.0 Å². The van der Waals surface area contributed by atoms with Crippen LogP contribution in [0.25, 0.3) is 0 Å². The van der Waals surface area contributed by atoms with Crippen molar-refractivity contribution in [2.75, 3.05) is 11.6 Å². The number of rotatable bonds is 3. The van der Waals surface area contributed by atoms with Crippen molar-refractivity contribution in [3.8, 4) is 6.07 Å². The van der Waals surface area contributed by atoms with E-state index in [-0.39, 0.29) is 5.69 Å². The van der Waals surface area contributed by atoms with Crippen molar-refractivity contribution in [3.05, 3.63) is 46.5 Å². The maximum absolute atomic E-state index is 11.2. The van der Waals surface area contributed by atoms with Gasteiger partial charge in [0.1, 0.15) is 17.6 Å². The number of aromatic amines is 1. The number of thioether (sulfide) groups is 1. The zero-order valence-electron chi connectivity index (χ0n) is 9.60. The van der Waals surface area contributed by atoms with E-state index in [4.69, 9.17) is 5.26 Å². The van der Waals surface area contributed by atoms with Crippen LogP contribution in [0.2, 0.25) is 0 Å². The van der Waals surface area contributed by atoms with E-state index in [2.05, 4.69) is 15.3 Å². The molecule has 0 amide bonds. The summed E-state index contributed by atoms with van der Waals surface area (Å²) in [5.41, 5.74) is 0.449. The van der Waals surface area contributed by atoms with Crippen molar-refractivity contribution in [2.45, 2.75) is 4.90 Å². The highest BCUT2D eigenvalue weighted by molar-refractivity contribution is 7.98. The Bertz CT molecular complexity index is 642. The molecule has 0 bridgehead atoms. The van der Waals surface area contributed by atoms with Gasteiger partial charge in [0.05, 0.1) is 0 Å². The lowest BCUT2D eigenvalue weighted by atomic mass is 10.3. The number of benzene rings is 1. The van der Waals surface area contributed by atoms with Gasteiger partial charge in [-0.2, -0.15) is 10.2 Å². The van der Waals surface area contributed by atoms with E-state index in [1.54, 1.807) is 11.8 Å². The number of nitrogens with zero attached hydrogens (tertiary/aromatic N) is 2. The molecule has 90 valence electrons. The molecule has 2 N–H and O–H groups in total. The highest BCUT2D eigenvalue weighted by Gasteiger charge is 2.01. The molecule has 0 saturated carbocycles. The normalized spacial score (nSPS) is 9.78. The number of H-pyrrole nitrogens is 1. The molecule has 2 aromatic rings. The van der Waals surface area contributed by atoms with Crippen LogP contribution in [0.1, 0.15) is 5.69 Å². The number of aromatic nitrogens is 2. The summed E-state index contributed by atoms with van der Waals surface area (Å²) in [6.45, 7) is 0. The van der Waals surface area contributed by atoms with E-state index in [9.17, 15) is 4.79 Å². The van der Waals surface area contributed by atoms with E-state index in [1.165, 1.54) is 6.07 Å². The van der Waals surface area contributed by atoms with Gasteiger partial charge in [-0.3, -0.25) is 4.98 Å². The largest absolute Gasteiger partial charge is 0.347 e. The highest BCUT2D eigenvalue weighted by Crippen LogP contribution is 2.19. The van der Waals surface area contributed by atoms with E-state index in [1.807, 2.05) is 36.6 Å². The van der Waals surface area contributed by atoms with Crippen LogP contribution in [-0.2, 0) is 0 Å². The summed E-state index contributed by atoms with van der Waals surface area (Å²) in [6.07, 6.45) is 2.00. The Morgan fingerprint density at radius 3 is 2.72 bits per heavy atom. The standard InChI is InChI=1S/C12H10N4OS/c1-18-10-4-2-8(3-5-10)14-11-6-9(7-13)15-12(17)16-11/h2-6H,1H3,(H2,14,15,16,17). The molecule has 0 aliphatic carbocycles. The predicted octanol–water partition coefficient (Wildman–Crippen LogP) is 2.11. The van der Waals surface area contributed by atoms with E-state index < -0.39 is 5.69 Å². The summed E-state index contributed by atoms with van der Waals surface area (Å²) in [4.78, 5) is 18.4. The second kappa shape index (κ2) is 5.38. The summed E-state index contributed by atoms with van der Waals surface area (Å²) in [7, 11) is 0. The molecule has 0 fully saturated rings. The van der Waals surface area contributed by atoms with Gasteiger partial charge >= 0.3 is 5.69 Å². The zero-order valence-corrected chi connectivity index (χ0v) is 10.4. The average molecular weight is 258 g/mol. The first kappa shape index (κ1) is 12.2. The minimum absolute atomic E-state index is 0.179. The number of hydrogen-bond donors (Lipinski definition) is 2. The topological polar surface area (TPSA) is 81.6 Å². The fraction of sp³-hybridized carbons (Fsp3) is 0.0833. The van der Waals surface area contributed by atoms with Crippen LogP contribution in [0.5, 0.6) is 0 Å². The minimum atomic E-state index is -0.544. The Morgan fingerprint density at radius 2 is 2.11 bits per heavy atom. The van der Waals surface area contributed by atoms with Gasteiger partial charge in [-0.1, -0.05) is 0 Å². The molecule has 18 heavy (non-hydrogen) atoms. The van der Waals surface area contributed by atoms with Crippen LogP contribution in [0.3, 0.4) is 0 Å². The molecule has 0 aliphatic rings. The molecule has 1 aromatic carbocycles. The smallest absolute Gasteiger partial charge is 0.340 e. The molecule has 0 atom stereocenters. The van der Waals surface area contributed by atoms with Crippen LogP contribution in [-0.4, -0.2) is 16.2 Å². The predicted molar refractivity (Wildman–Crippen MR) is 71.1 cm³/mol. The van der Waals surface area contributed by atoms with E-state index in [0.29, 0.717) is 5.82 Å². The number of anilines is 2. The quantitative estimate of drug-likeness (QED) is 0.824. The summed E-state index contributed by atoms with van der Waals surface area (Å²) >= 11 is 1.65. The molecular formula is C12H10N4OS. The number of nitrogens with one attached hydrogen (secondary N) is 2.